The van der Waals surface area contributed by atoms with E-state index in [2.05, 4.69) is 173 Å². The maximum atomic E-state index is 5.03. The summed E-state index contributed by atoms with van der Waals surface area (Å²) < 4.78 is 0. The molecule has 2 N–H and O–H groups in total. The molecule has 1 unspecified atom stereocenters. The zero-order valence-corrected chi connectivity index (χ0v) is 30.4. The summed E-state index contributed by atoms with van der Waals surface area (Å²) in [5.74, 6) is 1.52. The Hall–Kier alpha value is -7.50. The molecule has 0 saturated heterocycles. The van der Waals surface area contributed by atoms with Gasteiger partial charge in [-0.15, -0.1) is 0 Å². The Morgan fingerprint density at radius 3 is 1.95 bits per heavy atom. The van der Waals surface area contributed by atoms with Crippen LogP contribution in [0.25, 0.3) is 55.2 Å². The summed E-state index contributed by atoms with van der Waals surface area (Å²) in [7, 11) is 0. The van der Waals surface area contributed by atoms with Crippen LogP contribution in [0, 0.1) is 0 Å². The van der Waals surface area contributed by atoms with Crippen LogP contribution >= 0.6 is 0 Å². The van der Waals surface area contributed by atoms with E-state index in [1.807, 2.05) is 36.4 Å². The van der Waals surface area contributed by atoms with Crippen LogP contribution in [-0.4, -0.2) is 16.7 Å². The second kappa shape index (κ2) is 13.1. The number of anilines is 3. The van der Waals surface area contributed by atoms with Gasteiger partial charge in [-0.3, -0.25) is 0 Å². The smallest absolute Gasteiger partial charge is 0.159 e. The number of H-pyrrole nitrogens is 1. The number of para-hydroxylation sites is 2. The average molecular weight is 718 g/mol. The number of hydrogen-bond donors (Lipinski definition) is 2. The molecular formula is C51H35N5. The van der Waals surface area contributed by atoms with Gasteiger partial charge in [-0.05, 0) is 52.1 Å². The summed E-state index contributed by atoms with van der Waals surface area (Å²) in [6, 6.07) is 68.9. The average Bonchev–Trinajstić information content (AvgIpc) is 3.61. The third-order valence-electron chi connectivity index (χ3n) is 11.0. The van der Waals surface area contributed by atoms with Crippen molar-refractivity contribution < 1.29 is 0 Å². The summed E-state index contributed by atoms with van der Waals surface area (Å²) in [6.45, 7) is 0. The van der Waals surface area contributed by atoms with E-state index in [-0.39, 0.29) is 6.17 Å². The lowest BCUT2D eigenvalue weighted by molar-refractivity contribution is 0.674. The van der Waals surface area contributed by atoms with Gasteiger partial charge < -0.3 is 15.2 Å². The van der Waals surface area contributed by atoms with Gasteiger partial charge in [0.2, 0.25) is 0 Å². The quantitative estimate of drug-likeness (QED) is 0.186. The molecule has 3 heterocycles. The van der Waals surface area contributed by atoms with Crippen molar-refractivity contribution >= 4 is 50.5 Å². The Morgan fingerprint density at radius 1 is 0.464 bits per heavy atom. The minimum absolute atomic E-state index is 0.246. The molecule has 1 aromatic heterocycles. The largest absolute Gasteiger partial charge is 0.353 e. The number of rotatable bonds is 5. The van der Waals surface area contributed by atoms with Gasteiger partial charge in [-0.25, -0.2) is 9.98 Å². The van der Waals surface area contributed by atoms with E-state index in [1.54, 1.807) is 0 Å². The normalized spacial score (nSPS) is 14.6. The summed E-state index contributed by atoms with van der Waals surface area (Å²) in [5.41, 5.74) is 15.8. The molecule has 2 aliphatic rings. The lowest BCUT2D eigenvalue weighted by Gasteiger charge is -2.28. The van der Waals surface area contributed by atoms with Crippen molar-refractivity contribution in [2.75, 3.05) is 4.90 Å². The second-order valence-electron chi connectivity index (χ2n) is 14.3. The predicted octanol–water partition coefficient (Wildman–Crippen LogP) is 12.6. The van der Waals surface area contributed by atoms with E-state index in [4.69, 9.17) is 9.98 Å². The van der Waals surface area contributed by atoms with Gasteiger partial charge in [0.05, 0.1) is 16.9 Å². The number of nitrogens with zero attached hydrogens (tertiary/aromatic N) is 3. The molecule has 8 aromatic carbocycles. The van der Waals surface area contributed by atoms with E-state index in [9.17, 15) is 0 Å². The third kappa shape index (κ3) is 5.32. The highest BCUT2D eigenvalue weighted by molar-refractivity contribution is 6.18. The van der Waals surface area contributed by atoms with Gasteiger partial charge in [-0.2, -0.15) is 0 Å². The fourth-order valence-electron chi connectivity index (χ4n) is 8.35. The molecule has 11 rings (SSSR count). The monoisotopic (exact) mass is 717 g/mol. The number of hydrogen-bond acceptors (Lipinski definition) is 4. The molecule has 264 valence electrons. The molecule has 1 atom stereocenters. The molecule has 0 fully saturated rings. The van der Waals surface area contributed by atoms with E-state index < -0.39 is 0 Å². The van der Waals surface area contributed by atoms with Crippen LogP contribution in [0.2, 0.25) is 0 Å². The first-order valence-electron chi connectivity index (χ1n) is 19.0. The Balaban J connectivity index is 1.02. The van der Waals surface area contributed by atoms with E-state index in [1.165, 1.54) is 33.0 Å². The lowest BCUT2D eigenvalue weighted by atomic mass is 9.94. The van der Waals surface area contributed by atoms with Crippen LogP contribution in [0.3, 0.4) is 0 Å². The minimum Gasteiger partial charge on any atom is -0.353 e. The summed E-state index contributed by atoms with van der Waals surface area (Å²) in [5, 5.41) is 6.04. The highest BCUT2D eigenvalue weighted by Gasteiger charge is 2.29. The molecule has 0 spiro atoms. The minimum atomic E-state index is -0.246. The molecular weight excluding hydrogens is 683 g/mol. The van der Waals surface area contributed by atoms with Gasteiger partial charge in [0.1, 0.15) is 12.0 Å². The molecule has 2 aliphatic heterocycles. The van der Waals surface area contributed by atoms with Gasteiger partial charge in [0.25, 0.3) is 0 Å². The molecule has 0 amide bonds. The van der Waals surface area contributed by atoms with Crippen LogP contribution < -0.4 is 10.2 Å². The van der Waals surface area contributed by atoms with E-state index >= 15 is 0 Å². The summed E-state index contributed by atoms with van der Waals surface area (Å²) in [4.78, 5) is 16.3. The molecule has 0 bridgehead atoms. The number of aliphatic imine (C=N–C) groups is 2. The van der Waals surface area contributed by atoms with Crippen LogP contribution in [-0.2, 0) is 0 Å². The van der Waals surface area contributed by atoms with Crippen molar-refractivity contribution in [3.8, 4) is 33.4 Å². The molecule has 9 aromatic rings. The summed E-state index contributed by atoms with van der Waals surface area (Å²) in [6.07, 6.45) is -0.246. The molecule has 0 aliphatic carbocycles. The van der Waals surface area contributed by atoms with Crippen molar-refractivity contribution in [3.63, 3.8) is 0 Å². The van der Waals surface area contributed by atoms with Crippen LogP contribution in [0.1, 0.15) is 22.9 Å². The van der Waals surface area contributed by atoms with E-state index in [0.29, 0.717) is 5.84 Å². The van der Waals surface area contributed by atoms with Crippen molar-refractivity contribution in [1.29, 1.82) is 0 Å². The second-order valence-corrected chi connectivity index (χ2v) is 14.3. The van der Waals surface area contributed by atoms with Crippen LogP contribution in [0.15, 0.2) is 204 Å². The number of aromatic nitrogens is 1. The number of benzene rings is 8. The highest BCUT2D eigenvalue weighted by Crippen LogP contribution is 2.53. The highest BCUT2D eigenvalue weighted by atomic mass is 15.2. The summed E-state index contributed by atoms with van der Waals surface area (Å²) >= 11 is 0. The fourth-order valence-corrected chi connectivity index (χ4v) is 8.35. The molecule has 0 radical (unpaired) electrons. The topological polar surface area (TPSA) is 55.8 Å². The lowest BCUT2D eigenvalue weighted by Crippen LogP contribution is -2.33. The first kappa shape index (κ1) is 32.0. The van der Waals surface area contributed by atoms with Crippen molar-refractivity contribution in [1.82, 2.24) is 10.3 Å². The van der Waals surface area contributed by atoms with Crippen LogP contribution in [0.4, 0.5) is 17.1 Å². The van der Waals surface area contributed by atoms with Gasteiger partial charge >= 0.3 is 0 Å². The fraction of sp³-hybridized carbons (Fsp3) is 0.0196. The zero-order chi connectivity index (χ0) is 37.0. The van der Waals surface area contributed by atoms with Crippen molar-refractivity contribution in [3.05, 3.63) is 211 Å². The Bertz CT molecular complexity index is 3000. The maximum absolute atomic E-state index is 5.03. The molecule has 5 heteroatoms. The molecule has 0 saturated carbocycles. The van der Waals surface area contributed by atoms with Gasteiger partial charge in [0, 0.05) is 44.2 Å². The third-order valence-corrected chi connectivity index (χ3v) is 11.0. The first-order valence-corrected chi connectivity index (χ1v) is 19.0. The van der Waals surface area contributed by atoms with Crippen molar-refractivity contribution in [2.45, 2.75) is 6.17 Å². The number of aromatic amines is 1. The Morgan fingerprint density at radius 2 is 1.12 bits per heavy atom. The van der Waals surface area contributed by atoms with Crippen molar-refractivity contribution in [2.24, 2.45) is 9.98 Å². The molecule has 5 nitrogen and oxygen atoms in total. The van der Waals surface area contributed by atoms with Crippen LogP contribution in [0.5, 0.6) is 0 Å². The Kier molecular flexibility index (Phi) is 7.49. The van der Waals surface area contributed by atoms with Gasteiger partial charge in [-0.1, -0.05) is 170 Å². The first-order chi connectivity index (χ1) is 27.8. The predicted molar refractivity (Wildman–Crippen MR) is 232 cm³/mol. The Labute approximate surface area is 325 Å². The maximum Gasteiger partial charge on any atom is 0.159 e. The number of nitrogens with one attached hydrogen (secondary N) is 2. The van der Waals surface area contributed by atoms with Gasteiger partial charge in [0.15, 0.2) is 5.84 Å². The number of amidine groups is 2. The number of fused-ring (bicyclic) bond motifs is 9. The standard InChI is InChI=1S/C51H35N5/c1-3-14-34(15-4-1)49-53-50(35-16-5-2-6-17-35)55-51(54-49)36-28-26-33(27-29-36)37-18-13-19-38(32-37)56-46-25-12-10-23-42(46)39-20-7-8-21-40(39)44-31-30-43-41-22-9-11-24-45(41)52-47(43)48(44)56/h1-32,49,52H,(H,53,54,55). The SMILES string of the molecule is c1ccc(C2=NC(c3ccccc3)NC(c3ccc(-c4cccc(N5c6ccccc6-c6ccccc6-c6ccc7c([nH]c8ccccc87)c65)c4)cc3)=N2)cc1. The zero-order valence-electron chi connectivity index (χ0n) is 30.4. The van der Waals surface area contributed by atoms with E-state index in [0.717, 1.165) is 61.7 Å². The molecule has 56 heavy (non-hydrogen) atoms.